The number of Topliss-reactive ketones (excluding diaryl/α,β-unsaturated/α-hetero) is 1. The summed E-state index contributed by atoms with van der Waals surface area (Å²) < 4.78 is 0. The zero-order valence-corrected chi connectivity index (χ0v) is 10.4. The number of aromatic nitrogens is 1. The molecule has 0 spiro atoms. The van der Waals surface area contributed by atoms with Crippen LogP contribution in [0.25, 0.3) is 0 Å². The van der Waals surface area contributed by atoms with E-state index in [1.807, 2.05) is 24.5 Å². The molecule has 3 heteroatoms. The summed E-state index contributed by atoms with van der Waals surface area (Å²) >= 11 is 0. The minimum atomic E-state index is 0.141. The summed E-state index contributed by atoms with van der Waals surface area (Å²) in [4.78, 5) is 18.2. The lowest BCUT2D eigenvalue weighted by Gasteiger charge is -2.32. The first-order chi connectivity index (χ1) is 8.31. The first-order valence-electron chi connectivity index (χ1n) is 6.47. The van der Waals surface area contributed by atoms with Crippen molar-refractivity contribution in [2.75, 3.05) is 6.54 Å². The molecular weight excluding hydrogens is 212 g/mol. The van der Waals surface area contributed by atoms with E-state index in [9.17, 15) is 4.79 Å². The molecule has 1 aromatic heterocycles. The van der Waals surface area contributed by atoms with Gasteiger partial charge in [0.25, 0.3) is 0 Å². The molecule has 3 nitrogen and oxygen atoms in total. The Balaban J connectivity index is 2.03. The van der Waals surface area contributed by atoms with Gasteiger partial charge in [-0.2, -0.15) is 0 Å². The van der Waals surface area contributed by atoms with Crippen LogP contribution in [0.2, 0.25) is 0 Å². The molecule has 0 aliphatic heterocycles. The molecule has 0 N–H and O–H groups in total. The number of pyridine rings is 1. The van der Waals surface area contributed by atoms with Crippen LogP contribution in [-0.4, -0.2) is 28.3 Å². The van der Waals surface area contributed by atoms with Crippen molar-refractivity contribution in [3.63, 3.8) is 0 Å². The molecule has 1 heterocycles. The van der Waals surface area contributed by atoms with E-state index in [0.717, 1.165) is 32.4 Å². The summed E-state index contributed by atoms with van der Waals surface area (Å²) in [6, 6.07) is 4.19. The third-order valence-electron chi connectivity index (χ3n) is 3.50. The fourth-order valence-corrected chi connectivity index (χ4v) is 2.52. The summed E-state index contributed by atoms with van der Waals surface area (Å²) in [7, 11) is 0. The second kappa shape index (κ2) is 5.92. The van der Waals surface area contributed by atoms with E-state index in [2.05, 4.69) is 16.8 Å². The SMILES string of the molecule is CCN(Cc1ccncc1)C1CCCCC1=O. The van der Waals surface area contributed by atoms with Gasteiger partial charge in [0.2, 0.25) is 0 Å². The predicted molar refractivity (Wildman–Crippen MR) is 67.6 cm³/mol. The second-order valence-electron chi connectivity index (χ2n) is 4.65. The minimum Gasteiger partial charge on any atom is -0.298 e. The van der Waals surface area contributed by atoms with Crippen LogP contribution >= 0.6 is 0 Å². The van der Waals surface area contributed by atoms with Crippen LogP contribution in [0.15, 0.2) is 24.5 Å². The van der Waals surface area contributed by atoms with Crippen LogP contribution in [0.3, 0.4) is 0 Å². The number of likely N-dealkylation sites (N-methyl/N-ethyl adjacent to an activating group) is 1. The molecule has 1 fully saturated rings. The summed E-state index contributed by atoms with van der Waals surface area (Å²) in [5.41, 5.74) is 1.24. The monoisotopic (exact) mass is 232 g/mol. The fourth-order valence-electron chi connectivity index (χ4n) is 2.52. The lowest BCUT2D eigenvalue weighted by molar-refractivity contribution is -0.126. The Kier molecular flexibility index (Phi) is 4.26. The van der Waals surface area contributed by atoms with Crippen LogP contribution in [0, 0.1) is 0 Å². The molecule has 92 valence electrons. The van der Waals surface area contributed by atoms with Crippen LogP contribution in [0.4, 0.5) is 0 Å². The maximum atomic E-state index is 11.9. The predicted octanol–water partition coefficient (Wildman–Crippen LogP) is 2.42. The van der Waals surface area contributed by atoms with Gasteiger partial charge in [0, 0.05) is 25.4 Å². The van der Waals surface area contributed by atoms with Gasteiger partial charge in [-0.3, -0.25) is 14.7 Å². The van der Waals surface area contributed by atoms with Crippen molar-refractivity contribution in [3.05, 3.63) is 30.1 Å². The molecule has 1 atom stereocenters. The molecule has 1 aliphatic rings. The van der Waals surface area contributed by atoms with Gasteiger partial charge in [0.15, 0.2) is 0 Å². The number of nitrogens with zero attached hydrogens (tertiary/aromatic N) is 2. The summed E-state index contributed by atoms with van der Waals surface area (Å²) in [5, 5.41) is 0. The maximum absolute atomic E-state index is 11.9. The third-order valence-corrected chi connectivity index (χ3v) is 3.50. The Bertz CT molecular complexity index is 364. The molecule has 1 aliphatic carbocycles. The second-order valence-corrected chi connectivity index (χ2v) is 4.65. The van der Waals surface area contributed by atoms with Crippen molar-refractivity contribution in [2.45, 2.75) is 45.2 Å². The van der Waals surface area contributed by atoms with Crippen molar-refractivity contribution < 1.29 is 4.79 Å². The first kappa shape index (κ1) is 12.2. The van der Waals surface area contributed by atoms with E-state index in [0.29, 0.717) is 5.78 Å². The molecule has 1 unspecified atom stereocenters. The van der Waals surface area contributed by atoms with Crippen molar-refractivity contribution in [1.29, 1.82) is 0 Å². The maximum Gasteiger partial charge on any atom is 0.149 e. The van der Waals surface area contributed by atoms with Gasteiger partial charge in [-0.1, -0.05) is 13.3 Å². The van der Waals surface area contributed by atoms with Crippen LogP contribution < -0.4 is 0 Å². The van der Waals surface area contributed by atoms with Crippen LogP contribution in [-0.2, 0) is 11.3 Å². The Morgan fingerprint density at radius 3 is 2.76 bits per heavy atom. The summed E-state index contributed by atoms with van der Waals surface area (Å²) in [6.45, 7) is 3.91. The number of hydrogen-bond acceptors (Lipinski definition) is 3. The topological polar surface area (TPSA) is 33.2 Å². The van der Waals surface area contributed by atoms with Gasteiger partial charge in [-0.25, -0.2) is 0 Å². The standard InChI is InChI=1S/C14H20N2O/c1-2-16(11-12-7-9-15-10-8-12)13-5-3-4-6-14(13)17/h7-10,13H,2-6,11H2,1H3. The molecular formula is C14H20N2O. The molecule has 0 bridgehead atoms. The molecule has 0 aromatic carbocycles. The van der Waals surface area contributed by atoms with Crippen LogP contribution in [0.5, 0.6) is 0 Å². The number of carbonyl (C=O) groups is 1. The smallest absolute Gasteiger partial charge is 0.149 e. The van der Waals surface area contributed by atoms with Gasteiger partial charge in [0.05, 0.1) is 6.04 Å². The van der Waals surface area contributed by atoms with E-state index in [1.54, 1.807) is 0 Å². The number of ketones is 1. The molecule has 1 aromatic rings. The van der Waals surface area contributed by atoms with Gasteiger partial charge in [0.1, 0.15) is 5.78 Å². The van der Waals surface area contributed by atoms with Gasteiger partial charge in [-0.15, -0.1) is 0 Å². The lowest BCUT2D eigenvalue weighted by atomic mass is 9.92. The molecule has 17 heavy (non-hydrogen) atoms. The van der Waals surface area contributed by atoms with Gasteiger partial charge >= 0.3 is 0 Å². The average molecular weight is 232 g/mol. The summed E-state index contributed by atoms with van der Waals surface area (Å²) in [5.74, 6) is 0.423. The Hall–Kier alpha value is -1.22. The van der Waals surface area contributed by atoms with Crippen molar-refractivity contribution >= 4 is 5.78 Å². The number of hydrogen-bond donors (Lipinski definition) is 0. The molecule has 1 saturated carbocycles. The molecule has 2 rings (SSSR count). The van der Waals surface area contributed by atoms with Gasteiger partial charge in [-0.05, 0) is 37.1 Å². The minimum absolute atomic E-state index is 0.141. The van der Waals surface area contributed by atoms with Crippen molar-refractivity contribution in [3.8, 4) is 0 Å². The Morgan fingerprint density at radius 2 is 2.12 bits per heavy atom. The largest absolute Gasteiger partial charge is 0.298 e. The Labute approximate surface area is 103 Å². The molecule has 0 radical (unpaired) electrons. The first-order valence-corrected chi connectivity index (χ1v) is 6.47. The van der Waals surface area contributed by atoms with E-state index in [4.69, 9.17) is 0 Å². The lowest BCUT2D eigenvalue weighted by Crippen LogP contribution is -2.42. The highest BCUT2D eigenvalue weighted by molar-refractivity contribution is 5.84. The van der Waals surface area contributed by atoms with Crippen molar-refractivity contribution in [2.24, 2.45) is 0 Å². The zero-order chi connectivity index (χ0) is 12.1. The van der Waals surface area contributed by atoms with Gasteiger partial charge < -0.3 is 0 Å². The van der Waals surface area contributed by atoms with Crippen molar-refractivity contribution in [1.82, 2.24) is 9.88 Å². The molecule has 0 amide bonds. The highest BCUT2D eigenvalue weighted by Crippen LogP contribution is 2.21. The number of rotatable bonds is 4. The van der Waals surface area contributed by atoms with E-state index < -0.39 is 0 Å². The zero-order valence-electron chi connectivity index (χ0n) is 10.4. The van der Waals surface area contributed by atoms with Crippen LogP contribution in [0.1, 0.15) is 38.2 Å². The summed E-state index contributed by atoms with van der Waals surface area (Å²) in [6.07, 6.45) is 7.67. The highest BCUT2D eigenvalue weighted by atomic mass is 16.1. The normalized spacial score (nSPS) is 20.8. The Morgan fingerprint density at radius 1 is 1.35 bits per heavy atom. The quantitative estimate of drug-likeness (QED) is 0.799. The fraction of sp³-hybridized carbons (Fsp3) is 0.571. The third kappa shape index (κ3) is 3.13. The van der Waals surface area contributed by atoms with E-state index >= 15 is 0 Å². The average Bonchev–Trinajstić information content (AvgIpc) is 2.38. The molecule has 0 saturated heterocycles. The van der Waals surface area contributed by atoms with E-state index in [-0.39, 0.29) is 6.04 Å². The highest BCUT2D eigenvalue weighted by Gasteiger charge is 2.27. The van der Waals surface area contributed by atoms with E-state index in [1.165, 1.54) is 12.0 Å². The number of carbonyl (C=O) groups excluding carboxylic acids is 1.